The first-order chi connectivity index (χ1) is 16.7. The fourth-order valence-corrected chi connectivity index (χ4v) is 10.7. The normalized spacial score (nSPS) is 14.4. The molecule has 162 valence electrons. The van der Waals surface area contributed by atoms with E-state index in [1.807, 2.05) is 0 Å². The van der Waals surface area contributed by atoms with E-state index in [1.165, 1.54) is 33.8 Å². The van der Waals surface area contributed by atoms with Crippen molar-refractivity contribution in [2.75, 3.05) is 4.90 Å². The van der Waals surface area contributed by atoms with Gasteiger partial charge in [0.25, 0.3) is 0 Å². The van der Waals surface area contributed by atoms with Crippen molar-refractivity contribution in [3.05, 3.63) is 107 Å². The van der Waals surface area contributed by atoms with Gasteiger partial charge in [-0.25, -0.2) is 0 Å². The van der Waals surface area contributed by atoms with E-state index in [1.54, 1.807) is 41.7 Å². The average Bonchev–Trinajstić information content (AvgIpc) is 3.50. The van der Waals surface area contributed by atoms with E-state index < -0.39 is 0 Å². The minimum atomic E-state index is -0.167. The zero-order valence-corrected chi connectivity index (χ0v) is 21.9. The molecule has 6 heteroatoms. The van der Waals surface area contributed by atoms with Gasteiger partial charge in [-0.1, -0.05) is 0 Å². The van der Waals surface area contributed by atoms with Crippen LogP contribution in [0.1, 0.15) is 25.6 Å². The summed E-state index contributed by atoms with van der Waals surface area (Å²) in [5.41, 5.74) is 3.87. The first-order valence-electron chi connectivity index (χ1n) is 10.8. The van der Waals surface area contributed by atoms with Crippen molar-refractivity contribution in [3.8, 4) is 0 Å². The maximum atomic E-state index is 12.8. The Morgan fingerprint density at radius 2 is 1.32 bits per heavy atom. The van der Waals surface area contributed by atoms with Gasteiger partial charge >= 0.3 is 213 Å². The van der Waals surface area contributed by atoms with Crippen LogP contribution in [0.15, 0.2) is 90.5 Å². The third kappa shape index (κ3) is 3.08. The van der Waals surface area contributed by atoms with E-state index in [0.717, 1.165) is 4.88 Å². The second-order valence-corrected chi connectivity index (χ2v) is 13.7. The number of rotatable bonds is 2. The van der Waals surface area contributed by atoms with Crippen LogP contribution in [0.25, 0.3) is 15.0 Å². The van der Waals surface area contributed by atoms with Crippen LogP contribution in [0.3, 0.4) is 0 Å². The van der Waals surface area contributed by atoms with Gasteiger partial charge in [-0.3, -0.25) is 0 Å². The van der Waals surface area contributed by atoms with Gasteiger partial charge in [0.05, 0.1) is 0 Å². The summed E-state index contributed by atoms with van der Waals surface area (Å²) < 4.78 is 6.67. The number of para-hydroxylation sites is 2. The summed E-state index contributed by atoms with van der Waals surface area (Å²) in [5.74, 6) is -0.335. The van der Waals surface area contributed by atoms with Crippen LogP contribution in [0.5, 0.6) is 0 Å². The molecule has 3 nitrogen and oxygen atoms in total. The van der Waals surface area contributed by atoms with Crippen LogP contribution in [-0.2, 0) is 0 Å². The molecule has 2 aliphatic rings. The van der Waals surface area contributed by atoms with Crippen LogP contribution in [-0.4, -0.2) is 41.0 Å². The molecule has 1 aliphatic carbocycles. The van der Waals surface area contributed by atoms with Gasteiger partial charge in [0.15, 0.2) is 0 Å². The molecule has 0 spiro atoms. The molecular weight excluding hydrogens is 572 g/mol. The Labute approximate surface area is 212 Å². The Balaban J connectivity index is 1.29. The van der Waals surface area contributed by atoms with Gasteiger partial charge in [0, 0.05) is 0 Å². The molecule has 0 saturated carbocycles. The van der Waals surface area contributed by atoms with Gasteiger partial charge in [-0.2, -0.15) is 0 Å². The number of hydrogen-bond donors (Lipinski definition) is 0. The van der Waals surface area contributed by atoms with Crippen molar-refractivity contribution < 1.29 is 9.59 Å². The summed E-state index contributed by atoms with van der Waals surface area (Å²) in [4.78, 5) is 29.0. The van der Waals surface area contributed by atoms with Gasteiger partial charge < -0.3 is 0 Å². The summed E-state index contributed by atoms with van der Waals surface area (Å²) in [7, 11) is 0. The third-order valence-corrected chi connectivity index (χ3v) is 12.0. The number of carbonyl (C=O) groups excluding carboxylic acids is 2. The first-order valence-corrected chi connectivity index (χ1v) is 15.0. The number of thiophene rings is 1. The summed E-state index contributed by atoms with van der Waals surface area (Å²) in [5, 5.41) is 0. The van der Waals surface area contributed by atoms with E-state index in [4.69, 9.17) is 0 Å². The Kier molecular flexibility index (Phi) is 4.66. The first kappa shape index (κ1) is 20.4. The Hall–Kier alpha value is -2.98. The fourth-order valence-electron chi connectivity index (χ4n) is 4.51. The van der Waals surface area contributed by atoms with E-state index in [-0.39, 0.29) is 31.6 Å². The molecule has 0 radical (unpaired) electrons. The minimum absolute atomic E-state index is 0.139. The summed E-state index contributed by atoms with van der Waals surface area (Å²) in [6.45, 7) is 0. The zero-order chi connectivity index (χ0) is 22.8. The molecule has 2 aromatic heterocycles. The molecule has 0 unspecified atom stereocenters. The molecule has 7 rings (SSSR count). The predicted octanol–water partition coefficient (Wildman–Crippen LogP) is 4.86. The van der Waals surface area contributed by atoms with E-state index in [2.05, 4.69) is 65.6 Å². The second-order valence-electron chi connectivity index (χ2n) is 8.10. The second kappa shape index (κ2) is 7.78. The molecule has 3 heterocycles. The Morgan fingerprint density at radius 1 is 0.735 bits per heavy atom. The topological polar surface area (TPSA) is 37.4 Å². The molecule has 3 aromatic carbocycles. The number of Topliss-reactive ketones (excluding diaryl/α,β-unsaturated/α-hetero) is 2. The van der Waals surface area contributed by atoms with Crippen molar-refractivity contribution >= 4 is 92.3 Å². The zero-order valence-electron chi connectivity index (χ0n) is 17.6. The standard InChI is InChI=1S/C28H15NO2SSe2/c30-27-17-7-1-2-8-18(17)28(31)19(27)13-16-14-25-22(32-16)15-26(34-25)29-20-9-3-5-11-23(20)33-24-12-6-4-10-21(24)29/h1-15H. The van der Waals surface area contributed by atoms with E-state index in [9.17, 15) is 9.59 Å². The van der Waals surface area contributed by atoms with Crippen LogP contribution in [0, 0.1) is 0 Å². The van der Waals surface area contributed by atoms with Crippen molar-refractivity contribution in [2.45, 2.75) is 0 Å². The number of hydrogen-bond acceptors (Lipinski definition) is 4. The molecule has 0 atom stereocenters. The number of benzene rings is 3. The molecule has 0 saturated heterocycles. The monoisotopic (exact) mass is 589 g/mol. The Bertz CT molecular complexity index is 1580. The molecule has 1 aliphatic heterocycles. The van der Waals surface area contributed by atoms with Crippen molar-refractivity contribution in [2.24, 2.45) is 0 Å². The van der Waals surface area contributed by atoms with Crippen molar-refractivity contribution in [3.63, 3.8) is 0 Å². The van der Waals surface area contributed by atoms with Crippen LogP contribution in [0.4, 0.5) is 15.9 Å². The van der Waals surface area contributed by atoms with Crippen LogP contribution >= 0.6 is 11.3 Å². The number of allylic oxidation sites excluding steroid dienone is 1. The van der Waals surface area contributed by atoms with Crippen LogP contribution < -0.4 is 13.8 Å². The molecule has 34 heavy (non-hydrogen) atoms. The average molecular weight is 587 g/mol. The number of anilines is 3. The molecule has 5 aromatic rings. The molecule has 0 N–H and O–H groups in total. The van der Waals surface area contributed by atoms with Crippen molar-refractivity contribution in [1.82, 2.24) is 0 Å². The summed E-state index contributed by atoms with van der Waals surface area (Å²) in [6.07, 6.45) is 1.78. The Morgan fingerprint density at radius 3 is 1.94 bits per heavy atom. The van der Waals surface area contributed by atoms with Crippen molar-refractivity contribution in [1.29, 1.82) is 0 Å². The van der Waals surface area contributed by atoms with Gasteiger partial charge in [-0.15, -0.1) is 0 Å². The van der Waals surface area contributed by atoms with Gasteiger partial charge in [0.2, 0.25) is 0 Å². The van der Waals surface area contributed by atoms with Crippen LogP contribution in [0.2, 0.25) is 0 Å². The SMILES string of the molecule is O=C1C(=Cc2cc3[se]c(N4c5ccccc5[Se]c5ccccc54)cc3s2)C(=O)c2ccccc21. The molecule has 0 fully saturated rings. The number of carbonyl (C=O) groups is 2. The number of fused-ring (bicyclic) bond motifs is 4. The summed E-state index contributed by atoms with van der Waals surface area (Å²) >= 11 is 2.10. The summed E-state index contributed by atoms with van der Waals surface area (Å²) in [6, 6.07) is 29.0. The fraction of sp³-hybridized carbons (Fsp3) is 0. The quantitative estimate of drug-likeness (QED) is 0.165. The maximum absolute atomic E-state index is 12.8. The molecule has 0 amide bonds. The van der Waals surface area contributed by atoms with E-state index in [0.29, 0.717) is 26.1 Å². The molecule has 0 bridgehead atoms. The number of nitrogens with zero attached hydrogens (tertiary/aromatic N) is 1. The predicted molar refractivity (Wildman–Crippen MR) is 142 cm³/mol. The van der Waals surface area contributed by atoms with Gasteiger partial charge in [0.1, 0.15) is 0 Å². The van der Waals surface area contributed by atoms with E-state index >= 15 is 0 Å². The third-order valence-electron chi connectivity index (χ3n) is 6.06. The molecular formula is C28H15NO2SSe2. The number of ketones is 2. The van der Waals surface area contributed by atoms with Gasteiger partial charge in [-0.05, 0) is 0 Å².